The maximum absolute atomic E-state index is 9.29. The second-order valence-electron chi connectivity index (χ2n) is 6.55. The monoisotopic (exact) mass is 346 g/mol. The third-order valence-electron chi connectivity index (χ3n) is 4.98. The third kappa shape index (κ3) is 3.43. The smallest absolute Gasteiger partial charge is 0.268 e. The van der Waals surface area contributed by atoms with E-state index in [0.29, 0.717) is 5.88 Å². The molecule has 1 aliphatic rings. The molecule has 0 amide bonds. The molecule has 6 heteroatoms. The van der Waals surface area contributed by atoms with Gasteiger partial charge in [-0.1, -0.05) is 49.9 Å². The van der Waals surface area contributed by atoms with E-state index in [1.54, 1.807) is 17.7 Å². The number of ether oxygens (including phenoxy) is 1. The van der Waals surface area contributed by atoms with Gasteiger partial charge in [0.25, 0.3) is 6.71 Å². The van der Waals surface area contributed by atoms with Gasteiger partial charge in [0.05, 0.1) is 19.0 Å². The molecule has 0 aromatic carbocycles. The van der Waals surface area contributed by atoms with Gasteiger partial charge < -0.3 is 4.74 Å². The minimum absolute atomic E-state index is 0.115. The zero-order chi connectivity index (χ0) is 18.5. The lowest BCUT2D eigenvalue weighted by Gasteiger charge is -2.23. The van der Waals surface area contributed by atoms with Crippen LogP contribution < -0.4 is 4.74 Å². The maximum Gasteiger partial charge on any atom is 0.268 e. The van der Waals surface area contributed by atoms with Crippen molar-refractivity contribution in [2.24, 2.45) is 0 Å². The molecular formula is C20H23BN4O. The predicted octanol–water partition coefficient (Wildman–Crippen LogP) is 4.32. The van der Waals surface area contributed by atoms with Gasteiger partial charge in [-0.15, -0.1) is 0 Å². The first-order valence-corrected chi connectivity index (χ1v) is 8.99. The topological polar surface area (TPSA) is 63.2 Å². The quantitative estimate of drug-likeness (QED) is 0.597. The van der Waals surface area contributed by atoms with E-state index in [0.717, 1.165) is 48.0 Å². The van der Waals surface area contributed by atoms with Crippen molar-refractivity contribution in [2.45, 2.75) is 38.3 Å². The Hall–Kier alpha value is -2.81. The highest BCUT2D eigenvalue weighted by molar-refractivity contribution is 6.67. The second kappa shape index (κ2) is 8.05. The first-order valence-electron chi connectivity index (χ1n) is 8.99. The zero-order valence-corrected chi connectivity index (χ0v) is 15.4. The number of hydrogen-bond acceptors (Lipinski definition) is 4. The van der Waals surface area contributed by atoms with Gasteiger partial charge in [-0.05, 0) is 24.8 Å². The molecule has 5 nitrogen and oxygen atoms in total. The van der Waals surface area contributed by atoms with E-state index in [1.807, 2.05) is 37.4 Å². The molecule has 1 unspecified atom stereocenters. The van der Waals surface area contributed by atoms with Crippen LogP contribution >= 0.6 is 0 Å². The number of nitriles is 1. The summed E-state index contributed by atoms with van der Waals surface area (Å²) in [7, 11) is 1.65. The Kier molecular flexibility index (Phi) is 5.57. The Morgan fingerprint density at radius 3 is 3.08 bits per heavy atom. The molecule has 1 atom stereocenters. The van der Waals surface area contributed by atoms with Crippen molar-refractivity contribution >= 4 is 17.9 Å². The lowest BCUT2D eigenvalue weighted by Crippen LogP contribution is -2.21. The summed E-state index contributed by atoms with van der Waals surface area (Å²) in [6.45, 7) is 5.84. The van der Waals surface area contributed by atoms with Gasteiger partial charge in [-0.2, -0.15) is 9.61 Å². The first kappa shape index (κ1) is 18.0. The highest BCUT2D eigenvalue weighted by atomic mass is 16.5. The fourth-order valence-corrected chi connectivity index (χ4v) is 3.60. The molecule has 2 aromatic rings. The van der Waals surface area contributed by atoms with Crippen molar-refractivity contribution < 1.29 is 4.74 Å². The van der Waals surface area contributed by atoms with E-state index in [1.165, 1.54) is 0 Å². The summed E-state index contributed by atoms with van der Waals surface area (Å²) in [6, 6.07) is 1.96. The zero-order valence-electron chi connectivity index (χ0n) is 15.4. The minimum Gasteiger partial charge on any atom is -0.481 e. The first-order chi connectivity index (χ1) is 12.7. The molecule has 132 valence electrons. The lowest BCUT2D eigenvalue weighted by atomic mass is 9.41. The normalized spacial score (nSPS) is 18.3. The molecule has 3 rings (SSSR count). The van der Waals surface area contributed by atoms with Gasteiger partial charge >= 0.3 is 0 Å². The number of rotatable bonds is 5. The summed E-state index contributed by atoms with van der Waals surface area (Å²) in [6.07, 6.45) is 13.5. The van der Waals surface area contributed by atoms with Gasteiger partial charge in [0.2, 0.25) is 5.88 Å². The van der Waals surface area contributed by atoms with Crippen LogP contribution in [0.25, 0.3) is 11.2 Å². The van der Waals surface area contributed by atoms with Gasteiger partial charge in [0.15, 0.2) is 5.65 Å². The molecule has 0 radical (unpaired) electrons. The van der Waals surface area contributed by atoms with Gasteiger partial charge in [0, 0.05) is 17.6 Å². The van der Waals surface area contributed by atoms with E-state index < -0.39 is 0 Å². The summed E-state index contributed by atoms with van der Waals surface area (Å²) < 4.78 is 7.29. The van der Waals surface area contributed by atoms with Crippen molar-refractivity contribution in [3.63, 3.8) is 0 Å². The summed E-state index contributed by atoms with van der Waals surface area (Å²) in [5.41, 5.74) is 3.75. The van der Waals surface area contributed by atoms with Crippen molar-refractivity contribution in [1.82, 2.24) is 14.6 Å². The molecule has 0 bridgehead atoms. The Labute approximate surface area is 154 Å². The Bertz CT molecular complexity index is 906. The van der Waals surface area contributed by atoms with E-state index in [4.69, 9.17) is 9.72 Å². The Morgan fingerprint density at radius 1 is 1.54 bits per heavy atom. The number of aromatic nitrogens is 3. The van der Waals surface area contributed by atoms with E-state index in [9.17, 15) is 5.26 Å². The molecule has 0 saturated carbocycles. The van der Waals surface area contributed by atoms with E-state index >= 15 is 0 Å². The van der Waals surface area contributed by atoms with Crippen LogP contribution in [0.3, 0.4) is 0 Å². The highest BCUT2D eigenvalue weighted by Crippen LogP contribution is 2.35. The molecule has 1 saturated heterocycles. The van der Waals surface area contributed by atoms with Gasteiger partial charge in [0.1, 0.15) is 0 Å². The fourth-order valence-electron chi connectivity index (χ4n) is 3.60. The Balaban J connectivity index is 2.09. The molecular weight excluding hydrogens is 323 g/mol. The second-order valence-corrected chi connectivity index (χ2v) is 6.55. The van der Waals surface area contributed by atoms with Crippen LogP contribution in [0.1, 0.15) is 36.9 Å². The van der Waals surface area contributed by atoms with Gasteiger partial charge in [-0.25, -0.2) is 10.2 Å². The molecule has 0 spiro atoms. The highest BCUT2D eigenvalue weighted by Gasteiger charge is 2.28. The van der Waals surface area contributed by atoms with Crippen LogP contribution in [0.2, 0.25) is 12.6 Å². The molecule has 26 heavy (non-hydrogen) atoms. The van der Waals surface area contributed by atoms with Crippen LogP contribution in [0.15, 0.2) is 43.1 Å². The number of methoxy groups -OCH3 is 1. The lowest BCUT2D eigenvalue weighted by molar-refractivity contribution is 0.383. The molecule has 1 fully saturated rings. The van der Waals surface area contributed by atoms with Crippen molar-refractivity contribution in [3.8, 4) is 11.8 Å². The summed E-state index contributed by atoms with van der Waals surface area (Å²) in [4.78, 5) is 4.92. The van der Waals surface area contributed by atoms with E-state index in [2.05, 4.69) is 17.6 Å². The summed E-state index contributed by atoms with van der Waals surface area (Å²) >= 11 is 0. The SMILES string of the molecule is C=C/C=C\C(=C/C)c1cnn2c(OC)cc(C3CCCB(C#N)C3)nc12. The van der Waals surface area contributed by atoms with Crippen LogP contribution in [0.4, 0.5) is 0 Å². The Morgan fingerprint density at radius 2 is 2.38 bits per heavy atom. The van der Waals surface area contributed by atoms with Crippen LogP contribution in [-0.4, -0.2) is 28.4 Å². The van der Waals surface area contributed by atoms with Crippen LogP contribution in [-0.2, 0) is 0 Å². The van der Waals surface area contributed by atoms with Crippen molar-refractivity contribution in [1.29, 1.82) is 5.26 Å². The summed E-state index contributed by atoms with van der Waals surface area (Å²) in [5.74, 6) is 3.37. The molecule has 0 N–H and O–H groups in total. The number of hydrogen-bond donors (Lipinski definition) is 0. The van der Waals surface area contributed by atoms with Crippen LogP contribution in [0.5, 0.6) is 5.88 Å². The molecule has 2 aromatic heterocycles. The molecule has 0 aliphatic carbocycles. The number of nitrogens with zero attached hydrogens (tertiary/aromatic N) is 4. The minimum atomic E-state index is 0.115. The maximum atomic E-state index is 9.29. The number of fused-ring (bicyclic) bond motifs is 1. The van der Waals surface area contributed by atoms with E-state index in [-0.39, 0.29) is 12.6 Å². The predicted molar refractivity (Wildman–Crippen MR) is 105 cm³/mol. The van der Waals surface area contributed by atoms with Gasteiger partial charge in [-0.3, -0.25) is 0 Å². The fraction of sp³-hybridized carbons (Fsp3) is 0.350. The largest absolute Gasteiger partial charge is 0.481 e. The van der Waals surface area contributed by atoms with Crippen LogP contribution in [0, 0.1) is 11.2 Å². The standard InChI is InChI=1S/C20H23BN4O/c1-4-6-8-15(5-2)17-13-23-25-19(26-3)11-18(24-20(17)25)16-9-7-10-21(12-16)14-22/h4-6,8,11,13,16H,1,7,9-10,12H2,2-3H3/b8-6-,15-5+. The average molecular weight is 346 g/mol. The number of allylic oxidation sites excluding steroid dienone is 5. The third-order valence-corrected chi connectivity index (χ3v) is 4.98. The molecule has 1 aliphatic heterocycles. The average Bonchev–Trinajstić information content (AvgIpc) is 3.12. The van der Waals surface area contributed by atoms with Crippen molar-refractivity contribution in [2.75, 3.05) is 7.11 Å². The van der Waals surface area contributed by atoms with Crippen molar-refractivity contribution in [3.05, 3.63) is 54.4 Å². The molecule has 3 heterocycles. The summed E-state index contributed by atoms with van der Waals surface area (Å²) in [5, 5.41) is 13.8.